The van der Waals surface area contributed by atoms with Crippen molar-refractivity contribution < 1.29 is 17.9 Å². The van der Waals surface area contributed by atoms with E-state index in [1.165, 1.54) is 7.11 Å². The average molecular weight is 373 g/mol. The van der Waals surface area contributed by atoms with E-state index in [9.17, 15) is 13.2 Å². The van der Waals surface area contributed by atoms with E-state index in [1.54, 1.807) is 12.3 Å². The van der Waals surface area contributed by atoms with Gasteiger partial charge in [-0.1, -0.05) is 6.07 Å². The Morgan fingerprint density at radius 2 is 2.12 bits per heavy atom. The Hall–Kier alpha value is -2.36. The molecule has 2 N–H and O–H groups in total. The Labute approximate surface area is 147 Å². The van der Waals surface area contributed by atoms with E-state index in [1.807, 2.05) is 13.0 Å². The monoisotopic (exact) mass is 373 g/mol. The molecule has 0 spiro atoms. The van der Waals surface area contributed by atoms with Gasteiger partial charge in [-0.2, -0.15) is 13.2 Å². The highest BCUT2D eigenvalue weighted by Gasteiger charge is 2.33. The Bertz CT molecular complexity index is 700. The molecule has 136 valence electrons. The summed E-state index contributed by atoms with van der Waals surface area (Å²) in [6, 6.07) is 3.58. The molecule has 10 heteroatoms. The van der Waals surface area contributed by atoms with Gasteiger partial charge in [-0.15, -0.1) is 11.3 Å². The maximum absolute atomic E-state index is 12.6. The zero-order chi connectivity index (χ0) is 18.3. The summed E-state index contributed by atoms with van der Waals surface area (Å²) < 4.78 is 42.7. The highest BCUT2D eigenvalue weighted by atomic mass is 32.1. The third-order valence-corrected chi connectivity index (χ3v) is 3.87. The molecule has 0 atom stereocenters. The van der Waals surface area contributed by atoms with Crippen molar-refractivity contribution in [3.05, 3.63) is 40.0 Å². The fourth-order valence-electron chi connectivity index (χ4n) is 1.82. The van der Waals surface area contributed by atoms with E-state index in [0.717, 1.165) is 22.3 Å². The lowest BCUT2D eigenvalue weighted by Crippen LogP contribution is -2.36. The van der Waals surface area contributed by atoms with Crippen molar-refractivity contribution in [2.45, 2.75) is 26.2 Å². The van der Waals surface area contributed by atoms with Crippen molar-refractivity contribution in [1.82, 2.24) is 20.6 Å². The van der Waals surface area contributed by atoms with Gasteiger partial charge in [0, 0.05) is 24.2 Å². The summed E-state index contributed by atoms with van der Waals surface area (Å²) >= 11 is 0.955. The van der Waals surface area contributed by atoms with Gasteiger partial charge < -0.3 is 15.4 Å². The molecule has 6 nitrogen and oxygen atoms in total. The SMILES string of the molecule is CCNC(=NCc1ccc(OC)nc1)NCc1nc(C(F)(F)F)cs1. The predicted molar refractivity (Wildman–Crippen MR) is 89.6 cm³/mol. The Morgan fingerprint density at radius 1 is 1.32 bits per heavy atom. The number of guanidine groups is 1. The molecule has 0 saturated heterocycles. The second kappa shape index (κ2) is 8.65. The van der Waals surface area contributed by atoms with Crippen molar-refractivity contribution in [2.24, 2.45) is 4.99 Å². The van der Waals surface area contributed by atoms with Gasteiger partial charge >= 0.3 is 6.18 Å². The number of thiazole rings is 1. The fraction of sp³-hybridized carbons (Fsp3) is 0.400. The van der Waals surface area contributed by atoms with Crippen LogP contribution in [0.25, 0.3) is 0 Å². The van der Waals surface area contributed by atoms with Crippen molar-refractivity contribution in [1.29, 1.82) is 0 Å². The van der Waals surface area contributed by atoms with Gasteiger partial charge in [-0.25, -0.2) is 15.0 Å². The van der Waals surface area contributed by atoms with Crippen LogP contribution < -0.4 is 15.4 Å². The molecule has 0 aliphatic carbocycles. The number of nitrogens with zero attached hydrogens (tertiary/aromatic N) is 3. The largest absolute Gasteiger partial charge is 0.481 e. The van der Waals surface area contributed by atoms with Crippen LogP contribution in [0.5, 0.6) is 5.88 Å². The lowest BCUT2D eigenvalue weighted by atomic mass is 10.3. The van der Waals surface area contributed by atoms with E-state index >= 15 is 0 Å². The standard InChI is InChI=1S/C15H18F3N5OS/c1-3-19-14(21-7-10-4-5-12(24-2)20-6-10)22-8-13-23-11(9-25-13)15(16,17)18/h4-6,9H,3,7-8H2,1-2H3,(H2,19,21,22). The van der Waals surface area contributed by atoms with Gasteiger partial charge in [0.15, 0.2) is 11.7 Å². The van der Waals surface area contributed by atoms with Crippen molar-refractivity contribution in [3.63, 3.8) is 0 Å². The zero-order valence-corrected chi connectivity index (χ0v) is 14.5. The molecule has 2 heterocycles. The minimum atomic E-state index is -4.42. The first-order valence-electron chi connectivity index (χ1n) is 7.45. The Kier molecular flexibility index (Phi) is 6.57. The summed E-state index contributed by atoms with van der Waals surface area (Å²) in [6.07, 6.45) is -2.77. The number of alkyl halides is 3. The van der Waals surface area contributed by atoms with Crippen LogP contribution in [0.15, 0.2) is 28.7 Å². The number of pyridine rings is 1. The molecular weight excluding hydrogens is 355 g/mol. The summed E-state index contributed by atoms with van der Waals surface area (Å²) in [5.74, 6) is 1.00. The third kappa shape index (κ3) is 5.89. The highest BCUT2D eigenvalue weighted by molar-refractivity contribution is 7.09. The number of aromatic nitrogens is 2. The molecule has 0 aromatic carbocycles. The van der Waals surface area contributed by atoms with E-state index in [2.05, 4.69) is 25.6 Å². The minimum Gasteiger partial charge on any atom is -0.481 e. The van der Waals surface area contributed by atoms with Crippen LogP contribution in [-0.4, -0.2) is 29.6 Å². The second-order valence-corrected chi connectivity index (χ2v) is 5.82. The van der Waals surface area contributed by atoms with Crippen LogP contribution in [0.2, 0.25) is 0 Å². The molecule has 2 rings (SSSR count). The van der Waals surface area contributed by atoms with Crippen molar-refractivity contribution in [3.8, 4) is 5.88 Å². The normalized spacial score (nSPS) is 12.1. The molecule has 2 aromatic heterocycles. The summed E-state index contributed by atoms with van der Waals surface area (Å²) in [5.41, 5.74) is 0.00663. The van der Waals surface area contributed by atoms with Gasteiger partial charge in [0.25, 0.3) is 0 Å². The van der Waals surface area contributed by atoms with Crippen LogP contribution in [0.1, 0.15) is 23.2 Å². The molecule has 0 aliphatic heterocycles. The quantitative estimate of drug-likeness (QED) is 0.602. The first kappa shape index (κ1) is 19.0. The van der Waals surface area contributed by atoms with E-state index < -0.39 is 11.9 Å². The van der Waals surface area contributed by atoms with E-state index in [4.69, 9.17) is 4.74 Å². The second-order valence-electron chi connectivity index (χ2n) is 4.88. The van der Waals surface area contributed by atoms with Crippen molar-refractivity contribution in [2.75, 3.05) is 13.7 Å². The lowest BCUT2D eigenvalue weighted by molar-refractivity contribution is -0.140. The summed E-state index contributed by atoms with van der Waals surface area (Å²) in [4.78, 5) is 12.0. The van der Waals surface area contributed by atoms with Gasteiger partial charge in [-0.3, -0.25) is 0 Å². The molecule has 0 fully saturated rings. The molecule has 0 aliphatic rings. The molecule has 25 heavy (non-hydrogen) atoms. The van der Waals surface area contributed by atoms with Gasteiger partial charge in [0.2, 0.25) is 5.88 Å². The fourth-order valence-corrected chi connectivity index (χ4v) is 2.56. The number of hydrogen-bond donors (Lipinski definition) is 2. The lowest BCUT2D eigenvalue weighted by Gasteiger charge is -2.10. The number of aliphatic imine (C=N–C) groups is 1. The van der Waals surface area contributed by atoms with Gasteiger partial charge in [0.05, 0.1) is 20.2 Å². The van der Waals surface area contributed by atoms with E-state index in [0.29, 0.717) is 29.9 Å². The first-order valence-corrected chi connectivity index (χ1v) is 8.33. The highest BCUT2D eigenvalue weighted by Crippen LogP contribution is 2.29. The zero-order valence-electron chi connectivity index (χ0n) is 13.7. The summed E-state index contributed by atoms with van der Waals surface area (Å²) in [7, 11) is 1.54. The number of nitrogens with one attached hydrogen (secondary N) is 2. The maximum atomic E-state index is 12.6. The number of rotatable bonds is 6. The number of ether oxygens (including phenoxy) is 1. The van der Waals surface area contributed by atoms with Gasteiger partial charge in [-0.05, 0) is 12.5 Å². The minimum absolute atomic E-state index is 0.160. The number of hydrogen-bond acceptors (Lipinski definition) is 5. The predicted octanol–water partition coefficient (Wildman–Crippen LogP) is 2.82. The smallest absolute Gasteiger partial charge is 0.434 e. The topological polar surface area (TPSA) is 71.4 Å². The molecule has 0 saturated carbocycles. The van der Waals surface area contributed by atoms with Crippen LogP contribution in [0.3, 0.4) is 0 Å². The van der Waals surface area contributed by atoms with Crippen molar-refractivity contribution >= 4 is 17.3 Å². The Morgan fingerprint density at radius 3 is 2.68 bits per heavy atom. The molecule has 2 aromatic rings. The molecule has 0 amide bonds. The molecule has 0 radical (unpaired) electrons. The molecule has 0 bridgehead atoms. The first-order chi connectivity index (χ1) is 11.9. The molecule has 0 unspecified atom stereocenters. The summed E-state index contributed by atoms with van der Waals surface area (Å²) in [6.45, 7) is 3.06. The van der Waals surface area contributed by atoms with Crippen LogP contribution in [0, 0.1) is 0 Å². The van der Waals surface area contributed by atoms with Crippen LogP contribution >= 0.6 is 11.3 Å². The third-order valence-electron chi connectivity index (χ3n) is 3.02. The maximum Gasteiger partial charge on any atom is 0.434 e. The summed E-state index contributed by atoms with van der Waals surface area (Å²) in [5, 5.41) is 7.34. The van der Waals surface area contributed by atoms with Crippen LogP contribution in [0.4, 0.5) is 13.2 Å². The van der Waals surface area contributed by atoms with Gasteiger partial charge in [0.1, 0.15) is 5.01 Å². The number of halogens is 3. The van der Waals surface area contributed by atoms with Crippen LogP contribution in [-0.2, 0) is 19.3 Å². The van der Waals surface area contributed by atoms with E-state index in [-0.39, 0.29) is 6.54 Å². The average Bonchev–Trinajstić information content (AvgIpc) is 3.07. The Balaban J connectivity index is 1.96. The molecular formula is C15H18F3N5OS. The number of methoxy groups -OCH3 is 1.